The Balaban J connectivity index is 1.50. The lowest BCUT2D eigenvalue weighted by Crippen LogP contribution is -2.38. The third-order valence-electron chi connectivity index (χ3n) is 4.84. The highest BCUT2D eigenvalue weighted by Crippen LogP contribution is 2.41. The Kier molecular flexibility index (Phi) is 5.64. The van der Waals surface area contributed by atoms with Crippen molar-refractivity contribution >= 4 is 38.9 Å². The molecule has 0 aromatic heterocycles. The summed E-state index contributed by atoms with van der Waals surface area (Å²) in [5, 5.41) is 0.670. The molecule has 4 nitrogen and oxygen atoms in total. The second-order valence-electron chi connectivity index (χ2n) is 6.53. The molecule has 6 heteroatoms. The van der Waals surface area contributed by atoms with Crippen LogP contribution in [0.5, 0.6) is 5.75 Å². The largest absolute Gasteiger partial charge is 0.492 e. The molecular weight excluding hydrogens is 430 g/mol. The zero-order valence-corrected chi connectivity index (χ0v) is 17.1. The molecule has 1 aliphatic heterocycles. The molecule has 0 N–H and O–H groups in total. The molecule has 1 saturated heterocycles. The molecule has 0 bridgehead atoms. The molecule has 4 rings (SSSR count). The van der Waals surface area contributed by atoms with Crippen LogP contribution in [0.2, 0.25) is 5.02 Å². The molecule has 0 unspecified atom stereocenters. The Bertz CT molecular complexity index is 889. The molecule has 0 spiro atoms. The molecular formula is C21H19BrClNO3. The number of hydrogen-bond donors (Lipinski definition) is 0. The van der Waals surface area contributed by atoms with Crippen LogP contribution in [0, 0.1) is 0 Å². The van der Waals surface area contributed by atoms with E-state index in [1.54, 1.807) is 0 Å². The number of carbonyl (C=O) groups is 1. The van der Waals surface area contributed by atoms with Crippen LogP contribution < -0.4 is 4.74 Å². The SMILES string of the molecule is O=C1C(Br)=C(c2ccc(Cl)cc2)c2ccc(OCCN3CCOCC3)cc21. The average molecular weight is 449 g/mol. The maximum Gasteiger partial charge on any atom is 0.201 e. The van der Waals surface area contributed by atoms with Crippen molar-refractivity contribution in [2.24, 2.45) is 0 Å². The van der Waals surface area contributed by atoms with E-state index in [9.17, 15) is 4.79 Å². The molecule has 27 heavy (non-hydrogen) atoms. The second kappa shape index (κ2) is 8.15. The first kappa shape index (κ1) is 18.7. The van der Waals surface area contributed by atoms with E-state index in [1.165, 1.54) is 0 Å². The first-order valence-electron chi connectivity index (χ1n) is 8.91. The first-order valence-corrected chi connectivity index (χ1v) is 10.1. The minimum Gasteiger partial charge on any atom is -0.492 e. The van der Waals surface area contributed by atoms with E-state index in [0.717, 1.165) is 49.5 Å². The second-order valence-corrected chi connectivity index (χ2v) is 7.76. The van der Waals surface area contributed by atoms with E-state index in [1.807, 2.05) is 42.5 Å². The number of morpholine rings is 1. The number of allylic oxidation sites excluding steroid dienone is 1. The lowest BCUT2D eigenvalue weighted by Gasteiger charge is -2.26. The minimum atomic E-state index is -0.0198. The van der Waals surface area contributed by atoms with Crippen molar-refractivity contribution in [1.29, 1.82) is 0 Å². The van der Waals surface area contributed by atoms with Gasteiger partial charge in [0.1, 0.15) is 12.4 Å². The molecule has 1 aliphatic carbocycles. The lowest BCUT2D eigenvalue weighted by atomic mass is 9.99. The van der Waals surface area contributed by atoms with E-state index in [-0.39, 0.29) is 5.78 Å². The van der Waals surface area contributed by atoms with Crippen LogP contribution >= 0.6 is 27.5 Å². The van der Waals surface area contributed by atoms with Crippen molar-refractivity contribution in [2.75, 3.05) is 39.5 Å². The Morgan fingerprint density at radius 3 is 2.56 bits per heavy atom. The number of rotatable bonds is 5. The third-order valence-corrected chi connectivity index (χ3v) is 5.85. The van der Waals surface area contributed by atoms with Gasteiger partial charge in [-0.1, -0.05) is 23.7 Å². The number of benzene rings is 2. The van der Waals surface area contributed by atoms with Crippen molar-refractivity contribution in [3.05, 3.63) is 68.7 Å². The maximum absolute atomic E-state index is 12.7. The molecule has 140 valence electrons. The van der Waals surface area contributed by atoms with Crippen LogP contribution in [0.4, 0.5) is 0 Å². The highest BCUT2D eigenvalue weighted by atomic mass is 79.9. The molecule has 1 heterocycles. The number of hydrogen-bond acceptors (Lipinski definition) is 4. The quantitative estimate of drug-likeness (QED) is 0.679. The standard InChI is InChI=1S/C21H19BrClNO3/c22-20-19(14-1-3-15(23)4-2-14)17-6-5-16(13-18(17)21(20)25)27-12-9-24-7-10-26-11-8-24/h1-6,13H,7-12H2. The van der Waals surface area contributed by atoms with Gasteiger partial charge in [0.2, 0.25) is 5.78 Å². The normalized spacial score (nSPS) is 17.3. The Labute approximate surface area is 171 Å². The maximum atomic E-state index is 12.7. The molecule has 2 aromatic rings. The molecule has 0 saturated carbocycles. The van der Waals surface area contributed by atoms with Crippen LogP contribution in [-0.2, 0) is 4.74 Å². The van der Waals surface area contributed by atoms with Crippen LogP contribution in [0.3, 0.4) is 0 Å². The van der Waals surface area contributed by atoms with Crippen molar-refractivity contribution in [2.45, 2.75) is 0 Å². The number of halogens is 2. The summed E-state index contributed by atoms with van der Waals surface area (Å²) in [5.41, 5.74) is 3.43. The zero-order chi connectivity index (χ0) is 18.8. The van der Waals surface area contributed by atoms with Gasteiger partial charge in [0.25, 0.3) is 0 Å². The number of ether oxygens (including phenoxy) is 2. The van der Waals surface area contributed by atoms with E-state index in [4.69, 9.17) is 21.1 Å². The van der Waals surface area contributed by atoms with Gasteiger partial charge >= 0.3 is 0 Å². The molecule has 2 aliphatic rings. The van der Waals surface area contributed by atoms with E-state index < -0.39 is 0 Å². The fraction of sp³-hybridized carbons (Fsp3) is 0.286. The number of fused-ring (bicyclic) bond motifs is 1. The lowest BCUT2D eigenvalue weighted by molar-refractivity contribution is 0.0322. The molecule has 1 fully saturated rings. The summed E-state index contributed by atoms with van der Waals surface area (Å²) in [7, 11) is 0. The van der Waals surface area contributed by atoms with Crippen LogP contribution in [-0.4, -0.2) is 50.1 Å². The Hall–Kier alpha value is -1.66. The Morgan fingerprint density at radius 2 is 1.81 bits per heavy atom. The Morgan fingerprint density at radius 1 is 1.07 bits per heavy atom. The fourth-order valence-electron chi connectivity index (χ4n) is 3.39. The van der Waals surface area contributed by atoms with Gasteiger partial charge < -0.3 is 9.47 Å². The molecule has 0 atom stereocenters. The van der Waals surface area contributed by atoms with E-state index in [2.05, 4.69) is 20.8 Å². The first-order chi connectivity index (χ1) is 13.1. The third kappa shape index (κ3) is 3.97. The van der Waals surface area contributed by atoms with E-state index >= 15 is 0 Å². The van der Waals surface area contributed by atoms with Gasteiger partial charge in [0, 0.05) is 35.8 Å². The van der Waals surface area contributed by atoms with Crippen molar-refractivity contribution in [1.82, 2.24) is 4.90 Å². The average Bonchev–Trinajstić information content (AvgIpc) is 2.94. The van der Waals surface area contributed by atoms with Crippen molar-refractivity contribution in [3.63, 3.8) is 0 Å². The molecule has 2 aromatic carbocycles. The van der Waals surface area contributed by atoms with Gasteiger partial charge in [-0.15, -0.1) is 0 Å². The summed E-state index contributed by atoms with van der Waals surface area (Å²) >= 11 is 9.46. The predicted molar refractivity (Wildman–Crippen MR) is 110 cm³/mol. The number of nitrogens with zero attached hydrogens (tertiary/aromatic N) is 1. The van der Waals surface area contributed by atoms with Gasteiger partial charge in [-0.25, -0.2) is 0 Å². The summed E-state index contributed by atoms with van der Waals surface area (Å²) in [6, 6.07) is 13.2. The highest BCUT2D eigenvalue weighted by Gasteiger charge is 2.29. The predicted octanol–water partition coefficient (Wildman–Crippen LogP) is 4.40. The minimum absolute atomic E-state index is 0.0198. The molecule has 0 amide bonds. The van der Waals surface area contributed by atoms with Crippen molar-refractivity contribution in [3.8, 4) is 5.75 Å². The molecule has 0 radical (unpaired) electrons. The van der Waals surface area contributed by atoms with Crippen LogP contribution in [0.25, 0.3) is 5.57 Å². The van der Waals surface area contributed by atoms with Crippen LogP contribution in [0.15, 0.2) is 46.9 Å². The summed E-state index contributed by atoms with van der Waals surface area (Å²) in [6.07, 6.45) is 0. The zero-order valence-electron chi connectivity index (χ0n) is 14.7. The monoisotopic (exact) mass is 447 g/mol. The summed E-state index contributed by atoms with van der Waals surface area (Å²) < 4.78 is 11.8. The summed E-state index contributed by atoms with van der Waals surface area (Å²) in [5.74, 6) is 0.696. The van der Waals surface area contributed by atoms with Gasteiger partial charge in [-0.2, -0.15) is 0 Å². The van der Waals surface area contributed by atoms with Gasteiger partial charge in [0.05, 0.1) is 17.7 Å². The number of ketones is 1. The van der Waals surface area contributed by atoms with Gasteiger partial charge in [0.15, 0.2) is 0 Å². The highest BCUT2D eigenvalue weighted by molar-refractivity contribution is 9.12. The summed E-state index contributed by atoms with van der Waals surface area (Å²) in [4.78, 5) is 15.0. The van der Waals surface area contributed by atoms with E-state index in [0.29, 0.717) is 27.4 Å². The number of carbonyl (C=O) groups excluding carboxylic acids is 1. The van der Waals surface area contributed by atoms with Crippen LogP contribution in [0.1, 0.15) is 21.5 Å². The van der Waals surface area contributed by atoms with Gasteiger partial charge in [-0.05, 0) is 57.4 Å². The summed E-state index contributed by atoms with van der Waals surface area (Å²) in [6.45, 7) is 4.87. The fourth-order valence-corrected chi connectivity index (χ4v) is 4.17. The van der Waals surface area contributed by atoms with Crippen molar-refractivity contribution < 1.29 is 14.3 Å². The van der Waals surface area contributed by atoms with Gasteiger partial charge in [-0.3, -0.25) is 9.69 Å². The topological polar surface area (TPSA) is 38.8 Å². The smallest absolute Gasteiger partial charge is 0.201 e. The number of Topliss-reactive ketones (excluding diaryl/α,β-unsaturated/α-hetero) is 1.